The van der Waals surface area contributed by atoms with E-state index < -0.39 is 0 Å². The summed E-state index contributed by atoms with van der Waals surface area (Å²) >= 11 is 1.26. The Balaban J connectivity index is 1.71. The average molecular weight is 263 g/mol. The van der Waals surface area contributed by atoms with Gasteiger partial charge in [0, 0.05) is 13.1 Å². The van der Waals surface area contributed by atoms with Crippen LogP contribution >= 0.6 is 11.7 Å². The van der Waals surface area contributed by atoms with Gasteiger partial charge in [-0.25, -0.2) is 0 Å². The lowest BCUT2D eigenvalue weighted by molar-refractivity contribution is 0.154. The molecule has 1 aliphatic heterocycles. The first-order chi connectivity index (χ1) is 8.81. The van der Waals surface area contributed by atoms with E-state index in [0.29, 0.717) is 0 Å². The van der Waals surface area contributed by atoms with Gasteiger partial charge in [0.15, 0.2) is 0 Å². The molecule has 4 nitrogen and oxygen atoms in total. The molecule has 0 spiro atoms. The highest BCUT2D eigenvalue weighted by Crippen LogP contribution is 2.17. The van der Waals surface area contributed by atoms with Crippen molar-refractivity contribution in [1.82, 2.24) is 13.6 Å². The highest BCUT2D eigenvalue weighted by Gasteiger charge is 2.15. The first-order valence-corrected chi connectivity index (χ1v) is 7.16. The Labute approximate surface area is 111 Å². The number of aliphatic hydroxyl groups excluding tert-OH is 1. The van der Waals surface area contributed by atoms with Gasteiger partial charge in [0.2, 0.25) is 0 Å². The molecule has 0 radical (unpaired) electrons. The number of hydrogen-bond donors (Lipinski definition) is 1. The molecular formula is C13H17N3OS. The Kier molecular flexibility index (Phi) is 3.54. The number of aliphatic hydroxyl groups is 1. The average Bonchev–Trinajstić information content (AvgIpc) is 2.74. The van der Waals surface area contributed by atoms with Crippen LogP contribution < -0.4 is 0 Å². The quantitative estimate of drug-likeness (QED) is 0.901. The number of rotatable bonds is 2. The summed E-state index contributed by atoms with van der Waals surface area (Å²) in [4.78, 5) is 2.41. The zero-order valence-electron chi connectivity index (χ0n) is 10.2. The standard InChI is InChI=1S/C13H17N3OS/c17-11-2-1-6-16(7-5-11)9-10-3-4-12-13(8-10)15-18-14-12/h3-4,8,11,17H,1-2,5-7,9H2. The molecule has 18 heavy (non-hydrogen) atoms. The van der Waals surface area contributed by atoms with Crippen LogP contribution in [0, 0.1) is 0 Å². The highest BCUT2D eigenvalue weighted by atomic mass is 32.1. The summed E-state index contributed by atoms with van der Waals surface area (Å²) in [5.74, 6) is 0. The lowest BCUT2D eigenvalue weighted by Gasteiger charge is -2.19. The fourth-order valence-electron chi connectivity index (χ4n) is 2.48. The minimum absolute atomic E-state index is 0.111. The third-order valence-corrected chi connectivity index (χ3v) is 4.07. The summed E-state index contributed by atoms with van der Waals surface area (Å²) in [6.07, 6.45) is 2.80. The number of nitrogens with zero attached hydrogens (tertiary/aromatic N) is 3. The number of benzene rings is 1. The summed E-state index contributed by atoms with van der Waals surface area (Å²) in [5, 5.41) is 9.64. The molecule has 3 rings (SSSR count). The predicted molar refractivity (Wildman–Crippen MR) is 72.5 cm³/mol. The van der Waals surface area contributed by atoms with E-state index >= 15 is 0 Å². The van der Waals surface area contributed by atoms with E-state index in [4.69, 9.17) is 0 Å². The fraction of sp³-hybridized carbons (Fsp3) is 0.538. The largest absolute Gasteiger partial charge is 0.393 e. The molecule has 0 bridgehead atoms. The normalized spacial score (nSPS) is 22.2. The van der Waals surface area contributed by atoms with Crippen LogP contribution in [0.1, 0.15) is 24.8 Å². The second kappa shape index (κ2) is 5.30. The summed E-state index contributed by atoms with van der Waals surface area (Å²) in [5.41, 5.74) is 3.26. The Bertz CT molecular complexity index is 528. The van der Waals surface area contributed by atoms with Crippen molar-refractivity contribution in [3.05, 3.63) is 23.8 Å². The fourth-order valence-corrected chi connectivity index (χ4v) is 3.00. The first kappa shape index (κ1) is 12.0. The van der Waals surface area contributed by atoms with Crippen LogP contribution in [0.5, 0.6) is 0 Å². The summed E-state index contributed by atoms with van der Waals surface area (Å²) < 4.78 is 8.49. The molecule has 2 heterocycles. The monoisotopic (exact) mass is 263 g/mol. The highest BCUT2D eigenvalue weighted by molar-refractivity contribution is 7.00. The van der Waals surface area contributed by atoms with Crippen LogP contribution in [-0.4, -0.2) is 37.9 Å². The molecule has 1 unspecified atom stereocenters. The number of aromatic nitrogens is 2. The summed E-state index contributed by atoms with van der Waals surface area (Å²) in [7, 11) is 0. The van der Waals surface area contributed by atoms with Crippen molar-refractivity contribution in [3.8, 4) is 0 Å². The second-order valence-corrected chi connectivity index (χ2v) is 5.48. The third kappa shape index (κ3) is 2.68. The maximum absolute atomic E-state index is 9.64. The summed E-state index contributed by atoms with van der Waals surface area (Å²) in [6, 6.07) is 6.30. The maximum atomic E-state index is 9.64. The molecule has 2 aromatic rings. The van der Waals surface area contributed by atoms with Crippen molar-refractivity contribution in [2.75, 3.05) is 13.1 Å². The SMILES string of the molecule is OC1CCCN(Cc2ccc3nsnc3c2)CC1. The van der Waals surface area contributed by atoms with Gasteiger partial charge in [-0.2, -0.15) is 8.75 Å². The van der Waals surface area contributed by atoms with Gasteiger partial charge in [-0.1, -0.05) is 6.07 Å². The van der Waals surface area contributed by atoms with E-state index in [1.807, 2.05) is 6.07 Å². The molecule has 0 aliphatic carbocycles. The van der Waals surface area contributed by atoms with Crippen LogP contribution in [-0.2, 0) is 6.54 Å². The molecule has 1 aliphatic rings. The van der Waals surface area contributed by atoms with Crippen molar-refractivity contribution < 1.29 is 5.11 Å². The van der Waals surface area contributed by atoms with Crippen molar-refractivity contribution >= 4 is 22.8 Å². The van der Waals surface area contributed by atoms with E-state index in [0.717, 1.165) is 49.9 Å². The van der Waals surface area contributed by atoms with Gasteiger partial charge in [0.25, 0.3) is 0 Å². The molecule has 1 N–H and O–H groups in total. The number of likely N-dealkylation sites (tertiary alicyclic amines) is 1. The second-order valence-electron chi connectivity index (χ2n) is 4.95. The van der Waals surface area contributed by atoms with E-state index in [2.05, 4.69) is 25.8 Å². The molecule has 1 aromatic heterocycles. The molecule has 1 aromatic carbocycles. The molecule has 1 atom stereocenters. The van der Waals surface area contributed by atoms with E-state index in [9.17, 15) is 5.11 Å². The minimum Gasteiger partial charge on any atom is -0.393 e. The van der Waals surface area contributed by atoms with Gasteiger partial charge < -0.3 is 5.11 Å². The van der Waals surface area contributed by atoms with Crippen LogP contribution in [0.25, 0.3) is 11.0 Å². The molecule has 1 fully saturated rings. The zero-order chi connectivity index (χ0) is 12.4. The number of hydrogen-bond acceptors (Lipinski definition) is 5. The van der Waals surface area contributed by atoms with Crippen LogP contribution in [0.15, 0.2) is 18.2 Å². The van der Waals surface area contributed by atoms with E-state index in [1.54, 1.807) is 0 Å². The molecular weight excluding hydrogens is 246 g/mol. The van der Waals surface area contributed by atoms with Crippen molar-refractivity contribution in [1.29, 1.82) is 0 Å². The van der Waals surface area contributed by atoms with Crippen molar-refractivity contribution in [3.63, 3.8) is 0 Å². The zero-order valence-corrected chi connectivity index (χ0v) is 11.1. The van der Waals surface area contributed by atoms with Crippen LogP contribution in [0.3, 0.4) is 0 Å². The number of fused-ring (bicyclic) bond motifs is 1. The van der Waals surface area contributed by atoms with Gasteiger partial charge >= 0.3 is 0 Å². The lowest BCUT2D eigenvalue weighted by atomic mass is 10.2. The van der Waals surface area contributed by atoms with Crippen LogP contribution in [0.2, 0.25) is 0 Å². The minimum atomic E-state index is -0.111. The maximum Gasteiger partial charge on any atom is 0.105 e. The lowest BCUT2D eigenvalue weighted by Crippen LogP contribution is -2.24. The Morgan fingerprint density at radius 2 is 2.11 bits per heavy atom. The topological polar surface area (TPSA) is 49.2 Å². The Hall–Kier alpha value is -1.04. The van der Waals surface area contributed by atoms with Gasteiger partial charge in [-0.05, 0) is 43.5 Å². The van der Waals surface area contributed by atoms with Gasteiger partial charge in [0.05, 0.1) is 17.8 Å². The third-order valence-electron chi connectivity index (χ3n) is 3.51. The molecule has 96 valence electrons. The van der Waals surface area contributed by atoms with Gasteiger partial charge in [0.1, 0.15) is 11.0 Å². The molecule has 1 saturated heterocycles. The van der Waals surface area contributed by atoms with Gasteiger partial charge in [-0.3, -0.25) is 4.90 Å². The summed E-state index contributed by atoms with van der Waals surface area (Å²) in [6.45, 7) is 3.00. The molecule has 5 heteroatoms. The Morgan fingerprint density at radius 1 is 1.22 bits per heavy atom. The van der Waals surface area contributed by atoms with Crippen molar-refractivity contribution in [2.24, 2.45) is 0 Å². The predicted octanol–water partition coefficient (Wildman–Crippen LogP) is 2.04. The smallest absolute Gasteiger partial charge is 0.105 e. The Morgan fingerprint density at radius 3 is 3.06 bits per heavy atom. The van der Waals surface area contributed by atoms with E-state index in [-0.39, 0.29) is 6.10 Å². The first-order valence-electron chi connectivity index (χ1n) is 6.43. The van der Waals surface area contributed by atoms with Crippen LogP contribution in [0.4, 0.5) is 0 Å². The molecule has 0 amide bonds. The van der Waals surface area contributed by atoms with Gasteiger partial charge in [-0.15, -0.1) is 0 Å². The molecule has 0 saturated carbocycles. The van der Waals surface area contributed by atoms with Crippen molar-refractivity contribution in [2.45, 2.75) is 31.9 Å². The van der Waals surface area contributed by atoms with E-state index in [1.165, 1.54) is 17.3 Å².